The number of anilines is 1. The van der Waals surface area contributed by atoms with Gasteiger partial charge in [-0.05, 0) is 29.8 Å². The van der Waals surface area contributed by atoms with Gasteiger partial charge in [-0.3, -0.25) is 0 Å². The summed E-state index contributed by atoms with van der Waals surface area (Å²) in [5.41, 5.74) is 6.71. The molecule has 2 aromatic rings. The lowest BCUT2D eigenvalue weighted by Crippen LogP contribution is -2.24. The second kappa shape index (κ2) is 7.36. The van der Waals surface area contributed by atoms with Crippen molar-refractivity contribution in [2.24, 2.45) is 10.7 Å². The van der Waals surface area contributed by atoms with Crippen LogP contribution < -0.4 is 15.8 Å². The van der Waals surface area contributed by atoms with Crippen molar-refractivity contribution in [2.75, 3.05) is 5.32 Å². The highest BCUT2D eigenvalue weighted by Crippen LogP contribution is 2.29. The number of rotatable bonds is 4. The zero-order valence-corrected chi connectivity index (χ0v) is 13.4. The van der Waals surface area contributed by atoms with Crippen molar-refractivity contribution in [3.63, 3.8) is 0 Å². The Morgan fingerprint density at radius 2 is 1.78 bits per heavy atom. The van der Waals surface area contributed by atoms with Gasteiger partial charge in [-0.15, -0.1) is 13.2 Å². The van der Waals surface area contributed by atoms with Crippen molar-refractivity contribution < 1.29 is 17.9 Å². The summed E-state index contributed by atoms with van der Waals surface area (Å²) in [4.78, 5) is 4.09. The number of para-hydroxylation sites is 2. The number of aliphatic imine (C=N–C) groups is 1. The number of halogens is 4. The van der Waals surface area contributed by atoms with Gasteiger partial charge in [-0.25, -0.2) is 4.99 Å². The monoisotopic (exact) mass is 387 g/mol. The Morgan fingerprint density at radius 3 is 2.43 bits per heavy atom. The van der Waals surface area contributed by atoms with Crippen molar-refractivity contribution in [1.82, 2.24) is 0 Å². The summed E-state index contributed by atoms with van der Waals surface area (Å²) in [5, 5.41) is 2.61. The fraction of sp³-hybridized carbons (Fsp3) is 0.133. The molecule has 3 N–H and O–H groups in total. The smallest absolute Gasteiger partial charge is 0.404 e. The lowest BCUT2D eigenvalue weighted by atomic mass is 10.2. The summed E-state index contributed by atoms with van der Waals surface area (Å²) >= 11 is 3.32. The van der Waals surface area contributed by atoms with Crippen LogP contribution in [0.15, 0.2) is 58.0 Å². The maximum Gasteiger partial charge on any atom is 0.573 e. The summed E-state index contributed by atoms with van der Waals surface area (Å²) in [6.07, 6.45) is -4.78. The van der Waals surface area contributed by atoms with Crippen LogP contribution in [0.1, 0.15) is 5.56 Å². The first-order valence-electron chi connectivity index (χ1n) is 6.49. The second-order valence-electron chi connectivity index (χ2n) is 4.50. The van der Waals surface area contributed by atoms with E-state index >= 15 is 0 Å². The third-order valence-corrected chi connectivity index (χ3v) is 3.25. The Bertz CT molecular complexity index is 687. The van der Waals surface area contributed by atoms with E-state index in [9.17, 15) is 13.2 Å². The third kappa shape index (κ3) is 5.82. The number of ether oxygens (including phenoxy) is 1. The Morgan fingerprint density at radius 1 is 1.13 bits per heavy atom. The van der Waals surface area contributed by atoms with Gasteiger partial charge in [0.25, 0.3) is 0 Å². The average Bonchev–Trinajstić information content (AvgIpc) is 2.47. The fourth-order valence-electron chi connectivity index (χ4n) is 1.73. The van der Waals surface area contributed by atoms with Crippen molar-refractivity contribution in [1.29, 1.82) is 0 Å². The molecule has 23 heavy (non-hydrogen) atoms. The van der Waals surface area contributed by atoms with Crippen LogP contribution in [0, 0.1) is 0 Å². The zero-order valence-electron chi connectivity index (χ0n) is 11.8. The van der Waals surface area contributed by atoms with E-state index < -0.39 is 6.36 Å². The van der Waals surface area contributed by atoms with E-state index in [1.807, 2.05) is 24.3 Å². The molecular formula is C15H13BrF3N3O. The molecule has 8 heteroatoms. The first kappa shape index (κ1) is 17.1. The molecule has 4 nitrogen and oxygen atoms in total. The highest BCUT2D eigenvalue weighted by Gasteiger charge is 2.32. The number of nitrogens with two attached hydrogens (primary N) is 1. The number of nitrogens with zero attached hydrogens (tertiary/aromatic N) is 1. The minimum atomic E-state index is -4.78. The van der Waals surface area contributed by atoms with Crippen LogP contribution in [0.2, 0.25) is 0 Å². The molecule has 0 saturated heterocycles. The molecule has 0 spiro atoms. The summed E-state index contributed by atoms with van der Waals surface area (Å²) in [5.74, 6) is -0.382. The lowest BCUT2D eigenvalue weighted by Gasteiger charge is -2.14. The van der Waals surface area contributed by atoms with Crippen LogP contribution in [0.5, 0.6) is 5.75 Å². The van der Waals surface area contributed by atoms with Gasteiger partial charge in [0.1, 0.15) is 0 Å². The molecule has 0 amide bonds. The molecule has 0 aliphatic rings. The Kier molecular flexibility index (Phi) is 5.49. The van der Waals surface area contributed by atoms with Crippen molar-refractivity contribution in [3.05, 3.63) is 58.6 Å². The summed E-state index contributed by atoms with van der Waals surface area (Å²) in [6.45, 7) is 0.300. The van der Waals surface area contributed by atoms with E-state index in [1.54, 1.807) is 6.07 Å². The van der Waals surface area contributed by atoms with Crippen molar-refractivity contribution in [2.45, 2.75) is 12.9 Å². The summed E-state index contributed by atoms with van der Waals surface area (Å²) in [6, 6.07) is 13.1. The molecule has 0 heterocycles. The molecule has 0 atom stereocenters. The van der Waals surface area contributed by atoms with E-state index in [1.165, 1.54) is 18.2 Å². The largest absolute Gasteiger partial charge is 0.573 e. The third-order valence-electron chi connectivity index (χ3n) is 2.72. The zero-order chi connectivity index (χ0) is 16.9. The van der Waals surface area contributed by atoms with E-state index in [0.717, 1.165) is 10.0 Å². The quantitative estimate of drug-likeness (QED) is 0.608. The second-order valence-corrected chi connectivity index (χ2v) is 5.41. The molecule has 0 radical (unpaired) electrons. The normalized spacial score (nSPS) is 12.1. The summed E-state index contributed by atoms with van der Waals surface area (Å²) in [7, 11) is 0. The van der Waals surface area contributed by atoms with Crippen LogP contribution in [0.25, 0.3) is 0 Å². The van der Waals surface area contributed by atoms with Gasteiger partial charge in [0.05, 0.1) is 12.2 Å². The lowest BCUT2D eigenvalue weighted by molar-refractivity contribution is -0.274. The molecule has 0 fully saturated rings. The van der Waals surface area contributed by atoms with Gasteiger partial charge in [0.15, 0.2) is 11.7 Å². The standard InChI is InChI=1S/C15H13BrF3N3O/c16-11-7-5-10(6-8-11)9-21-14(20)22-12-3-1-2-4-13(12)23-15(17,18)19/h1-8H,9H2,(H3,20,21,22). The molecular weight excluding hydrogens is 375 g/mol. The van der Waals surface area contributed by atoms with Crippen LogP contribution in [-0.4, -0.2) is 12.3 Å². The highest BCUT2D eigenvalue weighted by atomic mass is 79.9. The van der Waals surface area contributed by atoms with Gasteiger partial charge in [-0.2, -0.15) is 0 Å². The Labute approximate surface area is 139 Å². The maximum atomic E-state index is 12.3. The molecule has 0 aliphatic heterocycles. The van der Waals surface area contributed by atoms with E-state index in [4.69, 9.17) is 5.73 Å². The SMILES string of the molecule is NC(=NCc1ccc(Br)cc1)Nc1ccccc1OC(F)(F)F. The van der Waals surface area contributed by atoms with Gasteiger partial charge >= 0.3 is 6.36 Å². The van der Waals surface area contributed by atoms with Gasteiger partial charge < -0.3 is 15.8 Å². The summed E-state index contributed by atoms with van der Waals surface area (Å²) < 4.78 is 41.9. The Balaban J connectivity index is 2.06. The van der Waals surface area contributed by atoms with Gasteiger partial charge in [0.2, 0.25) is 0 Å². The predicted octanol–water partition coefficient (Wildman–Crippen LogP) is 4.27. The average molecular weight is 388 g/mol. The van der Waals surface area contributed by atoms with Crippen LogP contribution in [0.3, 0.4) is 0 Å². The minimum absolute atomic E-state index is 0.00820. The number of hydrogen-bond donors (Lipinski definition) is 2. The highest BCUT2D eigenvalue weighted by molar-refractivity contribution is 9.10. The molecule has 2 rings (SSSR count). The molecule has 0 saturated carbocycles. The number of alkyl halides is 3. The number of guanidine groups is 1. The molecule has 0 aliphatic carbocycles. The maximum absolute atomic E-state index is 12.3. The topological polar surface area (TPSA) is 59.6 Å². The van der Waals surface area contributed by atoms with Gasteiger partial charge in [-0.1, -0.05) is 40.2 Å². The van der Waals surface area contributed by atoms with Crippen molar-refractivity contribution >= 4 is 27.6 Å². The number of benzene rings is 2. The predicted molar refractivity (Wildman–Crippen MR) is 86.2 cm³/mol. The minimum Gasteiger partial charge on any atom is -0.404 e. The first-order valence-corrected chi connectivity index (χ1v) is 7.29. The number of hydrogen-bond acceptors (Lipinski definition) is 2. The fourth-order valence-corrected chi connectivity index (χ4v) is 1.99. The van der Waals surface area contributed by atoms with E-state index in [2.05, 4.69) is 31.0 Å². The number of nitrogens with one attached hydrogen (secondary N) is 1. The van der Waals surface area contributed by atoms with Crippen LogP contribution in [0.4, 0.5) is 18.9 Å². The van der Waals surface area contributed by atoms with E-state index in [-0.39, 0.29) is 17.4 Å². The van der Waals surface area contributed by atoms with Crippen LogP contribution in [-0.2, 0) is 6.54 Å². The van der Waals surface area contributed by atoms with E-state index in [0.29, 0.717) is 6.54 Å². The first-order chi connectivity index (χ1) is 10.8. The molecule has 0 bridgehead atoms. The molecule has 122 valence electrons. The molecule has 2 aromatic carbocycles. The van der Waals surface area contributed by atoms with Gasteiger partial charge in [0, 0.05) is 4.47 Å². The molecule has 0 aromatic heterocycles. The molecule has 0 unspecified atom stereocenters. The van der Waals surface area contributed by atoms with Crippen LogP contribution >= 0.6 is 15.9 Å². The van der Waals surface area contributed by atoms with Crippen molar-refractivity contribution in [3.8, 4) is 5.75 Å². The Hall–Kier alpha value is -2.22.